The van der Waals surface area contributed by atoms with Crippen LogP contribution in [0.3, 0.4) is 0 Å². The molecule has 0 aliphatic rings. The normalized spacial score (nSPS) is 12.0. The van der Waals surface area contributed by atoms with Crippen molar-refractivity contribution in [2.45, 2.75) is 19.4 Å². The first kappa shape index (κ1) is 14.0. The van der Waals surface area contributed by atoms with Crippen LogP contribution in [-0.2, 0) is 5.60 Å². The van der Waals surface area contributed by atoms with Gasteiger partial charge in [-0.25, -0.2) is 9.97 Å². The summed E-state index contributed by atoms with van der Waals surface area (Å²) in [6.45, 7) is 7.39. The van der Waals surface area contributed by atoms with Crippen molar-refractivity contribution in [1.29, 1.82) is 0 Å². The van der Waals surface area contributed by atoms with Crippen LogP contribution < -0.4 is 0 Å². The Morgan fingerprint density at radius 1 is 1.29 bits per heavy atom. The van der Waals surface area contributed by atoms with E-state index in [4.69, 9.17) is 11.6 Å². The second-order valence-corrected chi connectivity index (χ2v) is 5.67. The van der Waals surface area contributed by atoms with Gasteiger partial charge in [-0.1, -0.05) is 6.07 Å². The average molecular weight is 302 g/mol. The lowest BCUT2D eigenvalue weighted by Crippen LogP contribution is -2.18. The fraction of sp³-hybridized carbons (Fsp3) is 0.200. The summed E-state index contributed by atoms with van der Waals surface area (Å²) in [5.74, 6) is 0.629. The van der Waals surface area contributed by atoms with E-state index in [1.165, 1.54) is 0 Å². The predicted octanol–water partition coefficient (Wildman–Crippen LogP) is 2.88. The Kier molecular flexibility index (Phi) is 3.19. The summed E-state index contributed by atoms with van der Waals surface area (Å²) in [5, 5.41) is 11.1. The van der Waals surface area contributed by atoms with Gasteiger partial charge in [-0.15, -0.1) is 0 Å². The first-order chi connectivity index (χ1) is 9.86. The largest absolute Gasteiger partial charge is 0.384 e. The van der Waals surface area contributed by atoms with Crippen molar-refractivity contribution in [3.05, 3.63) is 54.1 Å². The Morgan fingerprint density at radius 3 is 2.76 bits per heavy atom. The maximum Gasteiger partial charge on any atom is 0.224 e. The molecule has 3 rings (SSSR count). The number of hydrogen-bond donors (Lipinski definition) is 1. The van der Waals surface area contributed by atoms with Crippen molar-refractivity contribution in [3.8, 4) is 5.82 Å². The first-order valence-electron chi connectivity index (χ1n) is 6.42. The molecule has 0 saturated carbocycles. The zero-order valence-electron chi connectivity index (χ0n) is 11.7. The Hall–Kier alpha value is -1.98. The lowest BCUT2D eigenvalue weighted by Gasteiger charge is -2.17. The third-order valence-corrected chi connectivity index (χ3v) is 3.36. The number of aromatic nitrogens is 4. The molecular weight excluding hydrogens is 288 g/mol. The van der Waals surface area contributed by atoms with Crippen LogP contribution in [0.25, 0.3) is 16.9 Å². The van der Waals surface area contributed by atoms with Crippen LogP contribution in [0.2, 0.25) is 5.28 Å². The molecule has 1 N–H and O–H groups in total. The van der Waals surface area contributed by atoms with Gasteiger partial charge in [0.15, 0.2) is 5.65 Å². The molecule has 3 heterocycles. The summed E-state index contributed by atoms with van der Waals surface area (Å²) in [6, 6.07) is 7.31. The third-order valence-electron chi connectivity index (χ3n) is 3.18. The number of rotatable bonds is 2. The number of hydrogen-bond acceptors (Lipinski definition) is 4. The molecule has 1 radical (unpaired) electrons. The Labute approximate surface area is 127 Å². The van der Waals surface area contributed by atoms with Crippen molar-refractivity contribution >= 4 is 22.6 Å². The summed E-state index contributed by atoms with van der Waals surface area (Å²) in [5.41, 5.74) is 0.913. The molecule has 3 aromatic heterocycles. The molecule has 0 saturated heterocycles. The number of fused-ring (bicyclic) bond motifs is 1. The fourth-order valence-corrected chi connectivity index (χ4v) is 2.30. The highest BCUT2D eigenvalue weighted by atomic mass is 35.5. The second kappa shape index (κ2) is 4.79. The Morgan fingerprint density at radius 2 is 2.05 bits per heavy atom. The monoisotopic (exact) mass is 301 g/mol. The van der Waals surface area contributed by atoms with Gasteiger partial charge in [0, 0.05) is 17.3 Å². The van der Waals surface area contributed by atoms with Crippen molar-refractivity contribution in [3.63, 3.8) is 0 Å². The van der Waals surface area contributed by atoms with E-state index in [2.05, 4.69) is 21.9 Å². The number of halogens is 1. The molecule has 21 heavy (non-hydrogen) atoms. The van der Waals surface area contributed by atoms with Gasteiger partial charge in [0.2, 0.25) is 5.28 Å². The molecule has 5 nitrogen and oxygen atoms in total. The van der Waals surface area contributed by atoms with Crippen LogP contribution in [0.5, 0.6) is 0 Å². The van der Waals surface area contributed by atoms with Crippen molar-refractivity contribution in [2.75, 3.05) is 0 Å². The van der Waals surface area contributed by atoms with E-state index in [-0.39, 0.29) is 5.28 Å². The number of aliphatic hydroxyl groups is 1. The second-order valence-electron chi connectivity index (χ2n) is 5.33. The lowest BCUT2D eigenvalue weighted by molar-refractivity contribution is 0.0738. The molecule has 6 heteroatoms. The molecular formula is C15H14ClN4O. The van der Waals surface area contributed by atoms with Gasteiger partial charge in [0.25, 0.3) is 0 Å². The molecule has 107 valence electrons. The SMILES string of the molecule is [CH2]c1cc2cnc(Cl)nc2n1-c1cccc(C(C)(C)O)n1. The summed E-state index contributed by atoms with van der Waals surface area (Å²) in [7, 11) is 0. The summed E-state index contributed by atoms with van der Waals surface area (Å²) < 4.78 is 1.79. The van der Waals surface area contributed by atoms with Gasteiger partial charge in [0.05, 0.1) is 5.69 Å². The first-order valence-corrected chi connectivity index (χ1v) is 6.80. The van der Waals surface area contributed by atoms with Crippen LogP contribution in [0, 0.1) is 6.92 Å². The topological polar surface area (TPSA) is 63.8 Å². The average Bonchev–Trinajstić information content (AvgIpc) is 2.73. The molecule has 3 aromatic rings. The molecule has 0 bridgehead atoms. The minimum atomic E-state index is -1.02. The van der Waals surface area contributed by atoms with Crippen LogP contribution in [-0.4, -0.2) is 24.6 Å². The predicted molar refractivity (Wildman–Crippen MR) is 81.4 cm³/mol. The zero-order chi connectivity index (χ0) is 15.2. The molecule has 0 unspecified atom stereocenters. The van der Waals surface area contributed by atoms with Gasteiger partial charge in [-0.3, -0.25) is 4.57 Å². The molecule has 0 aliphatic heterocycles. The van der Waals surface area contributed by atoms with E-state index in [0.29, 0.717) is 17.2 Å². The molecule has 0 amide bonds. The van der Waals surface area contributed by atoms with Gasteiger partial charge in [-0.05, 0) is 50.6 Å². The summed E-state index contributed by atoms with van der Waals surface area (Å²) in [6.07, 6.45) is 1.65. The maximum atomic E-state index is 10.1. The standard InChI is InChI=1S/C15H14ClN4O/c1-9-7-10-8-17-14(16)19-13(10)20(9)12-6-4-5-11(18-12)15(2,3)21/h4-8,21H,1H2,2-3H3. The smallest absolute Gasteiger partial charge is 0.224 e. The summed E-state index contributed by atoms with van der Waals surface area (Å²) in [4.78, 5) is 12.7. The quantitative estimate of drug-likeness (QED) is 0.739. The molecule has 0 aliphatic carbocycles. The van der Waals surface area contributed by atoms with E-state index < -0.39 is 5.60 Å². The zero-order valence-corrected chi connectivity index (χ0v) is 12.5. The van der Waals surface area contributed by atoms with Gasteiger partial charge >= 0.3 is 0 Å². The van der Waals surface area contributed by atoms with Crippen LogP contribution in [0.1, 0.15) is 25.2 Å². The van der Waals surface area contributed by atoms with E-state index in [9.17, 15) is 5.11 Å². The Balaban J connectivity index is 2.25. The molecule has 0 spiro atoms. The minimum absolute atomic E-state index is 0.167. The van der Waals surface area contributed by atoms with Crippen molar-refractivity contribution in [1.82, 2.24) is 19.5 Å². The van der Waals surface area contributed by atoms with E-state index in [0.717, 1.165) is 11.1 Å². The third kappa shape index (κ3) is 2.50. The maximum absolute atomic E-state index is 10.1. The summed E-state index contributed by atoms with van der Waals surface area (Å²) >= 11 is 5.87. The molecule has 0 aromatic carbocycles. The van der Waals surface area contributed by atoms with Gasteiger partial charge < -0.3 is 5.11 Å². The van der Waals surface area contributed by atoms with Gasteiger partial charge in [-0.2, -0.15) is 4.98 Å². The van der Waals surface area contributed by atoms with Crippen LogP contribution in [0.15, 0.2) is 30.5 Å². The van der Waals surface area contributed by atoms with Crippen molar-refractivity contribution in [2.24, 2.45) is 0 Å². The number of nitrogens with zero attached hydrogens (tertiary/aromatic N) is 4. The van der Waals surface area contributed by atoms with E-state index in [1.54, 1.807) is 30.7 Å². The van der Waals surface area contributed by atoms with E-state index in [1.807, 2.05) is 18.2 Å². The minimum Gasteiger partial charge on any atom is -0.384 e. The Bertz CT molecular complexity index is 820. The lowest BCUT2D eigenvalue weighted by atomic mass is 10.1. The molecule has 0 atom stereocenters. The highest BCUT2D eigenvalue weighted by molar-refractivity contribution is 6.28. The van der Waals surface area contributed by atoms with Crippen molar-refractivity contribution < 1.29 is 5.11 Å². The van der Waals surface area contributed by atoms with Crippen LogP contribution >= 0.6 is 11.6 Å². The van der Waals surface area contributed by atoms with Gasteiger partial charge in [0.1, 0.15) is 11.4 Å². The highest BCUT2D eigenvalue weighted by Crippen LogP contribution is 2.24. The number of pyridine rings is 1. The van der Waals surface area contributed by atoms with E-state index >= 15 is 0 Å². The fourth-order valence-electron chi connectivity index (χ4n) is 2.17. The molecule has 0 fully saturated rings. The highest BCUT2D eigenvalue weighted by Gasteiger charge is 2.19. The van der Waals surface area contributed by atoms with Crippen LogP contribution in [0.4, 0.5) is 0 Å².